The van der Waals surface area contributed by atoms with Gasteiger partial charge in [-0.05, 0) is 25.8 Å². The molecule has 0 bridgehead atoms. The normalized spacial score (nSPS) is 32.1. The molecule has 0 aromatic carbocycles. The molecule has 2 rings (SSSR count). The Balaban J connectivity index is 1.89. The Morgan fingerprint density at radius 1 is 1.22 bits per heavy atom. The summed E-state index contributed by atoms with van der Waals surface area (Å²) in [6.07, 6.45) is 5.37. The smallest absolute Gasteiger partial charge is 0.0362 e. The zero-order valence-electron chi connectivity index (χ0n) is 11.9. The van der Waals surface area contributed by atoms with Gasteiger partial charge in [-0.3, -0.25) is 14.0 Å². The van der Waals surface area contributed by atoms with Crippen LogP contribution in [0, 0.1) is 0 Å². The zero-order valence-corrected chi connectivity index (χ0v) is 12.8. The number of fused-ring (bicyclic) bond motifs is 1. The fourth-order valence-electron chi connectivity index (χ4n) is 3.34. The standard InChI is InChI=1S/C14H28N2OS/c1-3-13-11-15-8-6-5-7-14(15)12-16(13)9-10-18(17)4-2/h13-14H,3-12H2,1-2H3. The van der Waals surface area contributed by atoms with Crippen molar-refractivity contribution in [1.82, 2.24) is 9.80 Å². The Kier molecular flexibility index (Phi) is 5.64. The first-order valence-corrected chi connectivity index (χ1v) is 9.06. The molecule has 106 valence electrons. The van der Waals surface area contributed by atoms with Crippen molar-refractivity contribution in [2.75, 3.05) is 37.7 Å². The third-order valence-corrected chi connectivity index (χ3v) is 5.84. The number of hydrogen-bond donors (Lipinski definition) is 0. The molecule has 0 N–H and O–H groups in total. The summed E-state index contributed by atoms with van der Waals surface area (Å²) in [6.45, 7) is 9.09. The van der Waals surface area contributed by atoms with Crippen LogP contribution in [0.25, 0.3) is 0 Å². The van der Waals surface area contributed by atoms with E-state index in [0.717, 1.165) is 24.1 Å². The molecule has 0 saturated carbocycles. The predicted molar refractivity (Wildman–Crippen MR) is 78.4 cm³/mol. The van der Waals surface area contributed by atoms with Crippen molar-refractivity contribution < 1.29 is 4.21 Å². The summed E-state index contributed by atoms with van der Waals surface area (Å²) in [5.41, 5.74) is 0. The van der Waals surface area contributed by atoms with E-state index in [2.05, 4.69) is 16.7 Å². The van der Waals surface area contributed by atoms with Crippen molar-refractivity contribution >= 4 is 10.8 Å². The van der Waals surface area contributed by atoms with Gasteiger partial charge in [-0.25, -0.2) is 0 Å². The monoisotopic (exact) mass is 272 g/mol. The van der Waals surface area contributed by atoms with E-state index in [1.807, 2.05) is 6.92 Å². The average Bonchev–Trinajstić information content (AvgIpc) is 2.43. The molecule has 3 nitrogen and oxygen atoms in total. The molecular weight excluding hydrogens is 244 g/mol. The molecule has 2 saturated heterocycles. The second-order valence-corrected chi connectivity index (χ2v) is 7.50. The van der Waals surface area contributed by atoms with Crippen molar-refractivity contribution in [2.45, 2.75) is 51.6 Å². The zero-order chi connectivity index (χ0) is 13.0. The van der Waals surface area contributed by atoms with E-state index in [-0.39, 0.29) is 0 Å². The lowest BCUT2D eigenvalue weighted by Gasteiger charge is -2.48. The molecule has 0 amide bonds. The quantitative estimate of drug-likeness (QED) is 0.761. The third kappa shape index (κ3) is 3.55. The molecule has 0 aromatic heterocycles. The van der Waals surface area contributed by atoms with Gasteiger partial charge in [0.2, 0.25) is 0 Å². The van der Waals surface area contributed by atoms with Crippen molar-refractivity contribution in [3.8, 4) is 0 Å². The molecule has 2 fully saturated rings. The van der Waals surface area contributed by atoms with E-state index >= 15 is 0 Å². The van der Waals surface area contributed by atoms with Crippen LogP contribution in [0.2, 0.25) is 0 Å². The summed E-state index contributed by atoms with van der Waals surface area (Å²) < 4.78 is 11.6. The predicted octanol–water partition coefficient (Wildman–Crippen LogP) is 1.70. The summed E-state index contributed by atoms with van der Waals surface area (Å²) in [5, 5.41) is 0. The number of nitrogens with zero attached hydrogens (tertiary/aromatic N) is 2. The lowest BCUT2D eigenvalue weighted by atomic mass is 9.96. The van der Waals surface area contributed by atoms with Crippen molar-refractivity contribution in [1.29, 1.82) is 0 Å². The van der Waals surface area contributed by atoms with Gasteiger partial charge in [0.15, 0.2) is 0 Å². The van der Waals surface area contributed by atoms with Crippen molar-refractivity contribution in [2.24, 2.45) is 0 Å². The van der Waals surface area contributed by atoms with Gasteiger partial charge < -0.3 is 0 Å². The molecule has 2 aliphatic heterocycles. The first-order valence-electron chi connectivity index (χ1n) is 7.57. The number of rotatable bonds is 5. The first-order chi connectivity index (χ1) is 8.74. The Labute approximate surface area is 114 Å². The average molecular weight is 272 g/mol. The molecule has 0 radical (unpaired) electrons. The van der Waals surface area contributed by atoms with Crippen LogP contribution < -0.4 is 0 Å². The Bertz CT molecular complexity index is 285. The molecule has 0 aromatic rings. The topological polar surface area (TPSA) is 23.6 Å². The minimum absolute atomic E-state index is 0.611. The fraction of sp³-hybridized carbons (Fsp3) is 1.00. The molecule has 2 heterocycles. The van der Waals surface area contributed by atoms with E-state index in [9.17, 15) is 4.21 Å². The summed E-state index contributed by atoms with van der Waals surface area (Å²) >= 11 is 0. The van der Waals surface area contributed by atoms with Crippen LogP contribution in [0.15, 0.2) is 0 Å². The third-order valence-electron chi connectivity index (χ3n) is 4.56. The van der Waals surface area contributed by atoms with Crippen LogP contribution in [0.3, 0.4) is 0 Å². The molecule has 3 unspecified atom stereocenters. The largest absolute Gasteiger partial charge is 0.298 e. The molecular formula is C14H28N2OS. The van der Waals surface area contributed by atoms with Gasteiger partial charge in [-0.2, -0.15) is 0 Å². The molecule has 0 spiro atoms. The van der Waals surface area contributed by atoms with Crippen LogP contribution in [-0.2, 0) is 10.8 Å². The van der Waals surface area contributed by atoms with Gasteiger partial charge in [0.1, 0.15) is 0 Å². The van der Waals surface area contributed by atoms with E-state index in [1.165, 1.54) is 45.3 Å². The SMILES string of the molecule is CCC1CN2CCCCC2CN1CCS(=O)CC. The van der Waals surface area contributed by atoms with Gasteiger partial charge in [0.05, 0.1) is 0 Å². The van der Waals surface area contributed by atoms with Crippen molar-refractivity contribution in [3.63, 3.8) is 0 Å². The second-order valence-electron chi connectivity index (χ2n) is 5.63. The minimum atomic E-state index is -0.611. The highest BCUT2D eigenvalue weighted by Crippen LogP contribution is 2.25. The van der Waals surface area contributed by atoms with Crippen LogP contribution in [-0.4, -0.2) is 63.8 Å². The van der Waals surface area contributed by atoms with E-state index in [4.69, 9.17) is 0 Å². The summed E-state index contributed by atoms with van der Waals surface area (Å²) in [5.74, 6) is 1.67. The Morgan fingerprint density at radius 3 is 2.78 bits per heavy atom. The van der Waals surface area contributed by atoms with E-state index in [0.29, 0.717) is 6.04 Å². The van der Waals surface area contributed by atoms with Crippen LogP contribution >= 0.6 is 0 Å². The van der Waals surface area contributed by atoms with Crippen LogP contribution in [0.4, 0.5) is 0 Å². The van der Waals surface area contributed by atoms with Crippen molar-refractivity contribution in [3.05, 3.63) is 0 Å². The molecule has 0 aliphatic carbocycles. The number of piperidine rings is 1. The van der Waals surface area contributed by atoms with E-state index < -0.39 is 10.8 Å². The minimum Gasteiger partial charge on any atom is -0.298 e. The van der Waals surface area contributed by atoms with Gasteiger partial charge >= 0.3 is 0 Å². The number of piperazine rings is 1. The summed E-state index contributed by atoms with van der Waals surface area (Å²) in [6, 6.07) is 1.46. The van der Waals surface area contributed by atoms with Crippen LogP contribution in [0.1, 0.15) is 39.5 Å². The molecule has 4 heteroatoms. The van der Waals surface area contributed by atoms with Gasteiger partial charge in [-0.1, -0.05) is 20.3 Å². The highest BCUT2D eigenvalue weighted by atomic mass is 32.2. The summed E-state index contributed by atoms with van der Waals surface area (Å²) in [4.78, 5) is 5.31. The number of hydrogen-bond acceptors (Lipinski definition) is 3. The van der Waals surface area contributed by atoms with Crippen LogP contribution in [0.5, 0.6) is 0 Å². The Morgan fingerprint density at radius 2 is 2.06 bits per heavy atom. The highest BCUT2D eigenvalue weighted by Gasteiger charge is 2.33. The van der Waals surface area contributed by atoms with Gasteiger partial charge in [-0.15, -0.1) is 0 Å². The molecule has 2 aliphatic rings. The van der Waals surface area contributed by atoms with Gasteiger partial charge in [0.25, 0.3) is 0 Å². The van der Waals surface area contributed by atoms with Gasteiger partial charge in [0, 0.05) is 54.0 Å². The second kappa shape index (κ2) is 7.01. The lowest BCUT2D eigenvalue weighted by Crippen LogP contribution is -2.59. The molecule has 3 atom stereocenters. The first kappa shape index (κ1) is 14.5. The Hall–Kier alpha value is 0.0700. The molecule has 18 heavy (non-hydrogen) atoms. The van der Waals surface area contributed by atoms with E-state index in [1.54, 1.807) is 0 Å². The maximum absolute atomic E-state index is 11.6. The maximum atomic E-state index is 11.6. The fourth-order valence-corrected chi connectivity index (χ4v) is 4.06. The highest BCUT2D eigenvalue weighted by molar-refractivity contribution is 7.84. The maximum Gasteiger partial charge on any atom is 0.0362 e. The summed E-state index contributed by atoms with van der Waals surface area (Å²) in [7, 11) is -0.611. The lowest BCUT2D eigenvalue weighted by molar-refractivity contribution is 0.0110.